The number of pyridine rings is 1. The van der Waals surface area contributed by atoms with Gasteiger partial charge in [-0.1, -0.05) is 39.8 Å². The van der Waals surface area contributed by atoms with Gasteiger partial charge in [-0.3, -0.25) is 4.98 Å². The fourth-order valence-electron chi connectivity index (χ4n) is 3.00. The molecule has 5 nitrogen and oxygen atoms in total. The highest BCUT2D eigenvalue weighted by Crippen LogP contribution is 2.28. The molecule has 0 radical (unpaired) electrons. The Morgan fingerprint density at radius 1 is 1.08 bits per heavy atom. The van der Waals surface area contributed by atoms with Crippen LogP contribution in [-0.2, 0) is 14.8 Å². The number of hydrogen-bond donors (Lipinski definition) is 0. The van der Waals surface area contributed by atoms with Gasteiger partial charge in [-0.25, -0.2) is 8.42 Å². The van der Waals surface area contributed by atoms with E-state index in [0.717, 1.165) is 23.7 Å². The van der Waals surface area contributed by atoms with Gasteiger partial charge in [-0.05, 0) is 37.5 Å². The van der Waals surface area contributed by atoms with E-state index in [-0.39, 0.29) is 6.10 Å². The van der Waals surface area contributed by atoms with Crippen LogP contribution in [-0.4, -0.2) is 44.0 Å². The first kappa shape index (κ1) is 22.5. The van der Waals surface area contributed by atoms with Crippen LogP contribution in [0.15, 0.2) is 35.4 Å². The molecule has 2 heterocycles. The second-order valence-corrected chi connectivity index (χ2v) is 7.51. The number of aryl methyl sites for hydroxylation is 1. The highest BCUT2D eigenvalue weighted by atomic mass is 32.2. The summed E-state index contributed by atoms with van der Waals surface area (Å²) in [6.45, 7) is 10.8. The first-order valence-corrected chi connectivity index (χ1v) is 10.9. The molecule has 26 heavy (non-hydrogen) atoms. The molecule has 0 spiro atoms. The van der Waals surface area contributed by atoms with Gasteiger partial charge in [-0.15, -0.1) is 0 Å². The summed E-state index contributed by atoms with van der Waals surface area (Å²) in [5.74, 6) is 0. The predicted molar refractivity (Wildman–Crippen MR) is 108 cm³/mol. The second-order valence-electron chi connectivity index (χ2n) is 5.60. The Bertz CT molecular complexity index is 783. The Kier molecular flexibility index (Phi) is 9.19. The molecule has 1 aliphatic heterocycles. The van der Waals surface area contributed by atoms with Gasteiger partial charge in [0.1, 0.15) is 0 Å². The maximum atomic E-state index is 12.9. The summed E-state index contributed by atoms with van der Waals surface area (Å²) < 4.78 is 32.7. The van der Waals surface area contributed by atoms with Crippen LogP contribution >= 0.6 is 0 Å². The molecule has 0 bridgehead atoms. The monoisotopic (exact) mass is 380 g/mol. The normalized spacial score (nSPS) is 15.6. The van der Waals surface area contributed by atoms with Crippen LogP contribution in [0.1, 0.15) is 46.1 Å². The SMILES string of the molecule is CC.CC.COC1CCN(S(=O)(=O)c2ccc3cccnc3c2C)CC1. The maximum absolute atomic E-state index is 12.9. The largest absolute Gasteiger partial charge is 0.381 e. The highest BCUT2D eigenvalue weighted by molar-refractivity contribution is 7.89. The first-order valence-electron chi connectivity index (χ1n) is 9.41. The Hall–Kier alpha value is -1.50. The lowest BCUT2D eigenvalue weighted by Crippen LogP contribution is -2.40. The molecule has 1 saturated heterocycles. The van der Waals surface area contributed by atoms with Crippen molar-refractivity contribution in [3.8, 4) is 0 Å². The zero-order valence-corrected chi connectivity index (χ0v) is 17.6. The summed E-state index contributed by atoms with van der Waals surface area (Å²) in [5, 5.41) is 0.956. The molecule has 0 amide bonds. The Morgan fingerprint density at radius 3 is 2.27 bits per heavy atom. The average molecular weight is 381 g/mol. The molecule has 0 N–H and O–H groups in total. The third-order valence-corrected chi connectivity index (χ3v) is 6.37. The lowest BCUT2D eigenvalue weighted by atomic mass is 10.1. The van der Waals surface area contributed by atoms with Crippen LogP contribution in [0, 0.1) is 6.92 Å². The van der Waals surface area contributed by atoms with Gasteiger partial charge >= 0.3 is 0 Å². The number of rotatable bonds is 3. The van der Waals surface area contributed by atoms with Gasteiger partial charge in [0.2, 0.25) is 10.0 Å². The standard InChI is InChI=1S/C16H20N2O3S.2C2H6/c1-12-15(6-5-13-4-3-9-17-16(12)13)22(19,20)18-10-7-14(21-2)8-11-18;2*1-2/h3-6,9,14H,7-8,10-11H2,1-2H3;2*1-2H3. The molecule has 0 saturated carbocycles. The van der Waals surface area contributed by atoms with Gasteiger partial charge < -0.3 is 4.74 Å². The Balaban J connectivity index is 0.000000791. The number of hydrogen-bond acceptors (Lipinski definition) is 4. The number of piperidine rings is 1. The quantitative estimate of drug-likeness (QED) is 0.792. The summed E-state index contributed by atoms with van der Waals surface area (Å²) in [7, 11) is -1.80. The number of aromatic nitrogens is 1. The van der Waals surface area contributed by atoms with E-state index >= 15 is 0 Å². The third kappa shape index (κ3) is 4.81. The summed E-state index contributed by atoms with van der Waals surface area (Å²) in [5.41, 5.74) is 1.46. The van der Waals surface area contributed by atoms with Gasteiger partial charge in [-0.2, -0.15) is 4.31 Å². The van der Waals surface area contributed by atoms with Crippen LogP contribution in [0.2, 0.25) is 0 Å². The van der Waals surface area contributed by atoms with E-state index in [0.29, 0.717) is 23.5 Å². The number of ether oxygens (including phenoxy) is 1. The van der Waals surface area contributed by atoms with E-state index < -0.39 is 10.0 Å². The molecule has 146 valence electrons. The van der Waals surface area contributed by atoms with Gasteiger partial charge in [0.05, 0.1) is 16.5 Å². The van der Waals surface area contributed by atoms with Crippen molar-refractivity contribution in [2.45, 2.75) is 58.5 Å². The minimum atomic E-state index is -3.48. The van der Waals surface area contributed by atoms with Crippen molar-refractivity contribution in [1.29, 1.82) is 0 Å². The summed E-state index contributed by atoms with van der Waals surface area (Å²) in [6.07, 6.45) is 3.32. The van der Waals surface area contributed by atoms with E-state index in [9.17, 15) is 8.42 Å². The van der Waals surface area contributed by atoms with Crippen molar-refractivity contribution >= 4 is 20.9 Å². The number of methoxy groups -OCH3 is 1. The predicted octanol–water partition coefficient (Wildman–Crippen LogP) is 4.40. The summed E-state index contributed by atoms with van der Waals surface area (Å²) in [4.78, 5) is 4.68. The average Bonchev–Trinajstić information content (AvgIpc) is 2.71. The number of fused-ring (bicyclic) bond motifs is 1. The smallest absolute Gasteiger partial charge is 0.243 e. The maximum Gasteiger partial charge on any atom is 0.243 e. The minimum absolute atomic E-state index is 0.158. The van der Waals surface area contributed by atoms with Crippen LogP contribution in [0.5, 0.6) is 0 Å². The van der Waals surface area contributed by atoms with E-state index in [1.54, 1.807) is 23.7 Å². The molecule has 0 unspecified atom stereocenters. The molecular formula is C20H32N2O3S. The molecular weight excluding hydrogens is 348 g/mol. The fraction of sp³-hybridized carbons (Fsp3) is 0.550. The fourth-order valence-corrected chi connectivity index (χ4v) is 4.69. The minimum Gasteiger partial charge on any atom is -0.381 e. The lowest BCUT2D eigenvalue weighted by molar-refractivity contribution is 0.0604. The number of nitrogens with zero attached hydrogens (tertiary/aromatic N) is 2. The van der Waals surface area contributed by atoms with E-state index in [1.165, 1.54) is 0 Å². The summed E-state index contributed by atoms with van der Waals surface area (Å²) in [6, 6.07) is 7.31. The van der Waals surface area contributed by atoms with Crippen LogP contribution in [0.4, 0.5) is 0 Å². The molecule has 0 atom stereocenters. The van der Waals surface area contributed by atoms with Crippen molar-refractivity contribution < 1.29 is 13.2 Å². The van der Waals surface area contributed by atoms with Crippen LogP contribution in [0.25, 0.3) is 10.9 Å². The van der Waals surface area contributed by atoms with Gasteiger partial charge in [0, 0.05) is 31.8 Å². The summed E-state index contributed by atoms with van der Waals surface area (Å²) >= 11 is 0. The molecule has 1 aliphatic rings. The molecule has 1 aromatic carbocycles. The lowest BCUT2D eigenvalue weighted by Gasteiger charge is -2.30. The molecule has 6 heteroatoms. The van der Waals surface area contributed by atoms with E-state index in [2.05, 4.69) is 4.98 Å². The van der Waals surface area contributed by atoms with Gasteiger partial charge in [0.25, 0.3) is 0 Å². The van der Waals surface area contributed by atoms with Crippen molar-refractivity contribution in [2.24, 2.45) is 0 Å². The van der Waals surface area contributed by atoms with Crippen molar-refractivity contribution in [1.82, 2.24) is 9.29 Å². The molecule has 1 aromatic heterocycles. The van der Waals surface area contributed by atoms with Crippen LogP contribution < -0.4 is 0 Å². The number of sulfonamides is 1. The molecule has 2 aromatic rings. The zero-order chi connectivity index (χ0) is 19.7. The van der Waals surface area contributed by atoms with Crippen molar-refractivity contribution in [3.05, 3.63) is 36.0 Å². The molecule has 1 fully saturated rings. The zero-order valence-electron chi connectivity index (χ0n) is 16.8. The highest BCUT2D eigenvalue weighted by Gasteiger charge is 2.30. The topological polar surface area (TPSA) is 59.5 Å². The van der Waals surface area contributed by atoms with Gasteiger partial charge in [0.15, 0.2) is 0 Å². The molecule has 3 rings (SSSR count). The molecule has 0 aliphatic carbocycles. The van der Waals surface area contributed by atoms with Crippen molar-refractivity contribution in [3.63, 3.8) is 0 Å². The Morgan fingerprint density at radius 2 is 1.69 bits per heavy atom. The third-order valence-electron chi connectivity index (χ3n) is 4.33. The number of benzene rings is 1. The van der Waals surface area contributed by atoms with Crippen molar-refractivity contribution in [2.75, 3.05) is 20.2 Å². The van der Waals surface area contributed by atoms with E-state index in [1.807, 2.05) is 52.8 Å². The first-order chi connectivity index (χ1) is 12.5. The van der Waals surface area contributed by atoms with Crippen LogP contribution in [0.3, 0.4) is 0 Å². The Labute approximate surface area is 158 Å². The second kappa shape index (κ2) is 10.6. The van der Waals surface area contributed by atoms with E-state index in [4.69, 9.17) is 4.74 Å².